The van der Waals surface area contributed by atoms with E-state index in [1.165, 1.54) is 6.07 Å². The van der Waals surface area contributed by atoms with Gasteiger partial charge in [0.1, 0.15) is 0 Å². The number of hydrogen-bond acceptors (Lipinski definition) is 1. The first-order valence-corrected chi connectivity index (χ1v) is 4.25. The second-order valence-corrected chi connectivity index (χ2v) is 3.86. The minimum atomic E-state index is -0.804. The predicted octanol–water partition coefficient (Wildman–Crippen LogP) is 1.95. The third-order valence-electron chi connectivity index (χ3n) is 2.88. The van der Waals surface area contributed by atoms with Crippen LogP contribution in [0.5, 0.6) is 0 Å². The van der Waals surface area contributed by atoms with E-state index in [4.69, 9.17) is 5.73 Å². The van der Waals surface area contributed by atoms with E-state index >= 15 is 0 Å². The van der Waals surface area contributed by atoms with Crippen LogP contribution in [0.4, 0.5) is 8.78 Å². The van der Waals surface area contributed by atoms with Gasteiger partial charge >= 0.3 is 0 Å². The number of nitrogens with two attached hydrogens (primary N) is 1. The molecule has 0 unspecified atom stereocenters. The highest BCUT2D eigenvalue weighted by atomic mass is 19.2. The molecule has 0 heterocycles. The van der Waals surface area contributed by atoms with Crippen LogP contribution < -0.4 is 5.73 Å². The van der Waals surface area contributed by atoms with Crippen LogP contribution in [0.2, 0.25) is 0 Å². The lowest BCUT2D eigenvalue weighted by molar-refractivity contribution is 0.505. The van der Waals surface area contributed by atoms with Gasteiger partial charge in [-0.3, -0.25) is 0 Å². The Morgan fingerprint density at radius 1 is 1.38 bits per heavy atom. The van der Waals surface area contributed by atoms with Gasteiger partial charge in [-0.15, -0.1) is 0 Å². The highest BCUT2D eigenvalue weighted by Crippen LogP contribution is 2.46. The van der Waals surface area contributed by atoms with E-state index in [0.717, 1.165) is 18.1 Å². The van der Waals surface area contributed by atoms with Crippen molar-refractivity contribution in [2.45, 2.75) is 24.8 Å². The molecule has 2 N–H and O–H groups in total. The first kappa shape index (κ1) is 8.63. The van der Waals surface area contributed by atoms with Crippen LogP contribution in [0.1, 0.15) is 18.9 Å². The fourth-order valence-corrected chi connectivity index (χ4v) is 1.58. The van der Waals surface area contributed by atoms with Crippen LogP contribution in [0.15, 0.2) is 18.2 Å². The first-order valence-electron chi connectivity index (χ1n) is 4.25. The van der Waals surface area contributed by atoms with Crippen molar-refractivity contribution in [3.63, 3.8) is 0 Å². The molecule has 0 spiro atoms. The van der Waals surface area contributed by atoms with Crippen molar-refractivity contribution in [3.05, 3.63) is 35.4 Å². The molecule has 1 aromatic rings. The van der Waals surface area contributed by atoms with Crippen molar-refractivity contribution in [3.8, 4) is 0 Å². The van der Waals surface area contributed by atoms with Crippen molar-refractivity contribution < 1.29 is 8.78 Å². The fraction of sp³-hybridized carbons (Fsp3) is 0.400. The van der Waals surface area contributed by atoms with Gasteiger partial charge in [0.15, 0.2) is 11.6 Å². The summed E-state index contributed by atoms with van der Waals surface area (Å²) < 4.78 is 25.4. The summed E-state index contributed by atoms with van der Waals surface area (Å²) in [4.78, 5) is 0. The molecule has 70 valence electrons. The highest BCUT2D eigenvalue weighted by Gasteiger charge is 2.48. The molecule has 1 nitrogen and oxygen atoms in total. The lowest BCUT2D eigenvalue weighted by Crippen LogP contribution is -2.14. The fourth-order valence-electron chi connectivity index (χ4n) is 1.58. The lowest BCUT2D eigenvalue weighted by Gasteiger charge is -2.09. The number of benzene rings is 1. The zero-order valence-electron chi connectivity index (χ0n) is 7.35. The lowest BCUT2D eigenvalue weighted by atomic mass is 9.97. The van der Waals surface area contributed by atoms with Crippen LogP contribution in [0.3, 0.4) is 0 Å². The molecule has 3 heteroatoms. The van der Waals surface area contributed by atoms with Gasteiger partial charge in [0, 0.05) is 11.5 Å². The molecule has 13 heavy (non-hydrogen) atoms. The third kappa shape index (κ3) is 1.23. The molecular formula is C10H11F2N. The molecule has 1 aromatic carbocycles. The smallest absolute Gasteiger partial charge is 0.159 e. The van der Waals surface area contributed by atoms with Gasteiger partial charge in [-0.2, -0.15) is 0 Å². The Bertz CT molecular complexity index is 351. The van der Waals surface area contributed by atoms with E-state index in [1.54, 1.807) is 6.07 Å². The maximum absolute atomic E-state index is 12.8. The van der Waals surface area contributed by atoms with Gasteiger partial charge in [-0.25, -0.2) is 8.78 Å². The first-order chi connectivity index (χ1) is 6.04. The summed E-state index contributed by atoms with van der Waals surface area (Å²) in [6.07, 6.45) is 0.845. The summed E-state index contributed by atoms with van der Waals surface area (Å²) in [5, 5.41) is 0. The molecule has 0 amide bonds. The van der Waals surface area contributed by atoms with E-state index in [-0.39, 0.29) is 11.5 Å². The molecule has 1 fully saturated rings. The number of halogens is 2. The van der Waals surface area contributed by atoms with Crippen LogP contribution in [0.25, 0.3) is 0 Å². The van der Waals surface area contributed by atoms with E-state index in [9.17, 15) is 8.78 Å². The molecule has 0 saturated heterocycles. The van der Waals surface area contributed by atoms with Crippen molar-refractivity contribution in [1.82, 2.24) is 0 Å². The second kappa shape index (κ2) is 2.51. The zero-order chi connectivity index (χ0) is 9.64. The Kier molecular flexibility index (Phi) is 1.67. The van der Waals surface area contributed by atoms with Gasteiger partial charge in [-0.05, 0) is 24.1 Å². The summed E-state index contributed by atoms with van der Waals surface area (Å²) in [6.45, 7) is 1.96. The zero-order valence-corrected chi connectivity index (χ0v) is 7.35. The Hall–Kier alpha value is -0.960. The number of hydrogen-bond donors (Lipinski definition) is 1. The third-order valence-corrected chi connectivity index (χ3v) is 2.88. The van der Waals surface area contributed by atoms with Crippen LogP contribution in [-0.2, 0) is 5.41 Å². The standard InChI is InChI=1S/C10H11F2N/c1-10(5-9(10)13)6-2-3-7(11)8(12)4-6/h2-4,9H,5,13H2,1H3/t9-,10-/m0/s1. The van der Waals surface area contributed by atoms with Crippen molar-refractivity contribution in [2.75, 3.05) is 0 Å². The van der Waals surface area contributed by atoms with Crippen LogP contribution in [-0.4, -0.2) is 6.04 Å². The summed E-state index contributed by atoms with van der Waals surface area (Å²) in [5.41, 5.74) is 6.35. The molecule has 2 atom stereocenters. The molecule has 0 aliphatic heterocycles. The summed E-state index contributed by atoms with van der Waals surface area (Å²) in [7, 11) is 0. The van der Waals surface area contributed by atoms with E-state index in [0.29, 0.717) is 0 Å². The predicted molar refractivity (Wildman–Crippen MR) is 46.3 cm³/mol. The van der Waals surface area contributed by atoms with Gasteiger partial charge in [0.25, 0.3) is 0 Å². The quantitative estimate of drug-likeness (QED) is 0.707. The molecular weight excluding hydrogens is 172 g/mol. The largest absolute Gasteiger partial charge is 0.327 e. The maximum atomic E-state index is 12.8. The van der Waals surface area contributed by atoms with Crippen molar-refractivity contribution in [2.24, 2.45) is 5.73 Å². The summed E-state index contributed by atoms with van der Waals surface area (Å²) >= 11 is 0. The maximum Gasteiger partial charge on any atom is 0.159 e. The summed E-state index contributed by atoms with van der Waals surface area (Å²) in [6, 6.07) is 4.08. The molecule has 1 aliphatic carbocycles. The van der Waals surface area contributed by atoms with Crippen LogP contribution >= 0.6 is 0 Å². The normalized spacial score (nSPS) is 31.8. The Morgan fingerprint density at radius 3 is 2.46 bits per heavy atom. The van der Waals surface area contributed by atoms with Gasteiger partial charge in [-0.1, -0.05) is 13.0 Å². The highest BCUT2D eigenvalue weighted by molar-refractivity contribution is 5.35. The van der Waals surface area contributed by atoms with E-state index in [1.807, 2.05) is 6.92 Å². The van der Waals surface area contributed by atoms with Crippen LogP contribution in [0, 0.1) is 11.6 Å². The van der Waals surface area contributed by atoms with E-state index < -0.39 is 11.6 Å². The molecule has 1 aliphatic rings. The average Bonchev–Trinajstić information content (AvgIpc) is 2.67. The molecule has 0 bridgehead atoms. The second-order valence-electron chi connectivity index (χ2n) is 3.86. The van der Waals surface area contributed by atoms with Gasteiger partial charge < -0.3 is 5.73 Å². The Morgan fingerprint density at radius 2 is 2.00 bits per heavy atom. The molecule has 0 radical (unpaired) electrons. The van der Waals surface area contributed by atoms with Crippen molar-refractivity contribution >= 4 is 0 Å². The number of rotatable bonds is 1. The molecule has 1 saturated carbocycles. The minimum Gasteiger partial charge on any atom is -0.327 e. The summed E-state index contributed by atoms with van der Waals surface area (Å²) in [5.74, 6) is -1.60. The monoisotopic (exact) mass is 183 g/mol. The van der Waals surface area contributed by atoms with Gasteiger partial charge in [0.2, 0.25) is 0 Å². The van der Waals surface area contributed by atoms with Gasteiger partial charge in [0.05, 0.1) is 0 Å². The Labute approximate surface area is 75.6 Å². The Balaban J connectivity index is 2.38. The minimum absolute atomic E-state index is 0.0809. The topological polar surface area (TPSA) is 26.0 Å². The van der Waals surface area contributed by atoms with E-state index in [2.05, 4.69) is 0 Å². The molecule has 0 aromatic heterocycles. The van der Waals surface area contributed by atoms with Crippen molar-refractivity contribution in [1.29, 1.82) is 0 Å². The average molecular weight is 183 g/mol. The SMILES string of the molecule is C[C@@]1(c2ccc(F)c(F)c2)C[C@@H]1N. The molecule has 2 rings (SSSR count).